The molecule has 0 spiro atoms. The molecule has 0 radical (unpaired) electrons. The number of hydrogen-bond donors (Lipinski definition) is 1. The minimum Gasteiger partial charge on any atom is -0.377 e. The molecule has 0 unspecified atom stereocenters. The molecular formula is C10H25NO3Si. The van der Waals surface area contributed by atoms with Gasteiger partial charge in [-0.25, -0.2) is 0 Å². The zero-order valence-electron chi connectivity index (χ0n) is 10.3. The van der Waals surface area contributed by atoms with Crippen LogP contribution in [0.1, 0.15) is 32.1 Å². The maximum atomic E-state index is 5.36. The Kier molecular flexibility index (Phi) is 9.33. The van der Waals surface area contributed by atoms with Crippen molar-refractivity contribution >= 4 is 8.80 Å². The molecule has 1 fully saturated rings. The molecule has 0 aromatic carbocycles. The second-order valence-corrected chi connectivity index (χ2v) is 6.69. The van der Waals surface area contributed by atoms with Gasteiger partial charge < -0.3 is 19.0 Å². The predicted octanol–water partition coefficient (Wildman–Crippen LogP) is 1.77. The van der Waals surface area contributed by atoms with Crippen LogP contribution in [0.2, 0.25) is 6.04 Å². The summed E-state index contributed by atoms with van der Waals surface area (Å²) in [6.07, 6.45) is 6.88. The van der Waals surface area contributed by atoms with Gasteiger partial charge in [0.1, 0.15) is 0 Å². The van der Waals surface area contributed by atoms with Gasteiger partial charge in [-0.3, -0.25) is 0 Å². The number of hydrogen-bond acceptors (Lipinski definition) is 4. The normalized spacial score (nSPS) is 15.2. The highest BCUT2D eigenvalue weighted by Gasteiger charge is 2.36. The van der Waals surface area contributed by atoms with Gasteiger partial charge in [-0.1, -0.05) is 25.7 Å². The molecule has 0 amide bonds. The van der Waals surface area contributed by atoms with Crippen LogP contribution < -0.4 is 5.73 Å². The fraction of sp³-hybridized carbons (Fsp3) is 1.00. The first-order valence-corrected chi connectivity index (χ1v) is 7.53. The van der Waals surface area contributed by atoms with Gasteiger partial charge in [0.05, 0.1) is 0 Å². The zero-order chi connectivity index (χ0) is 11.6. The minimum atomic E-state index is -2.32. The first-order chi connectivity index (χ1) is 7.24. The van der Waals surface area contributed by atoms with Gasteiger partial charge in [0, 0.05) is 27.4 Å². The lowest BCUT2D eigenvalue weighted by Crippen LogP contribution is -2.42. The maximum Gasteiger partial charge on any atom is 0.500 e. The highest BCUT2D eigenvalue weighted by atomic mass is 28.4. The second kappa shape index (κ2) is 9.29. The van der Waals surface area contributed by atoms with Crippen LogP contribution in [0.3, 0.4) is 0 Å². The molecule has 0 aliphatic heterocycles. The van der Waals surface area contributed by atoms with E-state index in [4.69, 9.17) is 19.0 Å². The Morgan fingerprint density at radius 1 is 0.933 bits per heavy atom. The van der Waals surface area contributed by atoms with Crippen LogP contribution in [0.5, 0.6) is 0 Å². The summed E-state index contributed by atoms with van der Waals surface area (Å²) in [6, 6.07) is 0.785. The Morgan fingerprint density at radius 2 is 1.33 bits per heavy atom. The smallest absolute Gasteiger partial charge is 0.377 e. The van der Waals surface area contributed by atoms with Crippen LogP contribution in [-0.2, 0) is 13.3 Å². The van der Waals surface area contributed by atoms with Crippen molar-refractivity contribution < 1.29 is 13.3 Å². The third-order valence-electron chi connectivity index (χ3n) is 2.62. The van der Waals surface area contributed by atoms with Gasteiger partial charge in [0.2, 0.25) is 0 Å². The topological polar surface area (TPSA) is 53.7 Å². The summed E-state index contributed by atoms with van der Waals surface area (Å²) in [5, 5.41) is 0. The molecule has 15 heavy (non-hydrogen) atoms. The maximum absolute atomic E-state index is 5.36. The SMILES string of the molecule is C1CCC1.CO[Si](CCCN)(OC)OC. The van der Waals surface area contributed by atoms with Crippen molar-refractivity contribution in [3.05, 3.63) is 0 Å². The molecule has 0 aromatic heterocycles. The van der Waals surface area contributed by atoms with E-state index >= 15 is 0 Å². The van der Waals surface area contributed by atoms with Crippen LogP contribution in [0, 0.1) is 0 Å². The number of rotatable bonds is 6. The predicted molar refractivity (Wildman–Crippen MR) is 63.7 cm³/mol. The number of nitrogens with two attached hydrogens (primary N) is 1. The van der Waals surface area contributed by atoms with Gasteiger partial charge in [-0.15, -0.1) is 0 Å². The Bertz CT molecular complexity index is 126. The second-order valence-electron chi connectivity index (χ2n) is 3.60. The van der Waals surface area contributed by atoms with E-state index in [0.29, 0.717) is 6.54 Å². The third-order valence-corrected chi connectivity index (χ3v) is 5.45. The fourth-order valence-corrected chi connectivity index (χ4v) is 2.87. The average molecular weight is 235 g/mol. The van der Waals surface area contributed by atoms with Crippen LogP contribution in [0.15, 0.2) is 0 Å². The molecule has 0 saturated heterocycles. The molecule has 0 bridgehead atoms. The molecular weight excluding hydrogens is 210 g/mol. The standard InChI is InChI=1S/C6H17NO3Si.C4H8/c1-8-11(9-2,10-3)6-4-5-7;1-2-4-3-1/h4-7H2,1-3H3;1-4H2. The van der Waals surface area contributed by atoms with E-state index < -0.39 is 8.80 Å². The molecule has 1 saturated carbocycles. The van der Waals surface area contributed by atoms with E-state index in [1.807, 2.05) is 0 Å². The quantitative estimate of drug-likeness (QED) is 0.713. The summed E-state index contributed by atoms with van der Waals surface area (Å²) in [5.41, 5.74) is 5.36. The van der Waals surface area contributed by atoms with Crippen LogP contribution in [0.4, 0.5) is 0 Å². The molecule has 1 rings (SSSR count). The van der Waals surface area contributed by atoms with Crippen LogP contribution in [-0.4, -0.2) is 36.7 Å². The summed E-state index contributed by atoms with van der Waals surface area (Å²) in [4.78, 5) is 0. The summed E-state index contributed by atoms with van der Waals surface area (Å²) < 4.78 is 15.5. The Labute approximate surface area is 94.5 Å². The lowest BCUT2D eigenvalue weighted by molar-refractivity contribution is 0.123. The van der Waals surface area contributed by atoms with Gasteiger partial charge >= 0.3 is 8.80 Å². The van der Waals surface area contributed by atoms with E-state index in [1.54, 1.807) is 21.3 Å². The Morgan fingerprint density at radius 3 is 1.53 bits per heavy atom. The Balaban J connectivity index is 0.000000401. The van der Waals surface area contributed by atoms with Crippen molar-refractivity contribution in [2.45, 2.75) is 38.1 Å². The molecule has 2 N–H and O–H groups in total. The largest absolute Gasteiger partial charge is 0.500 e. The first kappa shape index (κ1) is 15.1. The molecule has 1 aliphatic rings. The first-order valence-electron chi connectivity index (χ1n) is 5.60. The van der Waals surface area contributed by atoms with E-state index in [2.05, 4.69) is 0 Å². The van der Waals surface area contributed by atoms with Crippen LogP contribution in [0.25, 0.3) is 0 Å². The van der Waals surface area contributed by atoms with Crippen molar-refractivity contribution in [1.82, 2.24) is 0 Å². The summed E-state index contributed by atoms with van der Waals surface area (Å²) in [5.74, 6) is 0. The van der Waals surface area contributed by atoms with E-state index in [0.717, 1.165) is 12.5 Å². The highest BCUT2D eigenvalue weighted by Crippen LogP contribution is 2.15. The van der Waals surface area contributed by atoms with E-state index in [1.165, 1.54) is 25.7 Å². The van der Waals surface area contributed by atoms with Crippen LogP contribution >= 0.6 is 0 Å². The lowest BCUT2D eigenvalue weighted by atomic mass is 10.0. The molecule has 0 heterocycles. The van der Waals surface area contributed by atoms with Crippen molar-refractivity contribution in [2.75, 3.05) is 27.9 Å². The van der Waals surface area contributed by atoms with E-state index in [9.17, 15) is 0 Å². The molecule has 92 valence electrons. The van der Waals surface area contributed by atoms with Gasteiger partial charge in [-0.2, -0.15) is 0 Å². The molecule has 5 heteroatoms. The van der Waals surface area contributed by atoms with Crippen molar-refractivity contribution in [2.24, 2.45) is 5.73 Å². The minimum absolute atomic E-state index is 0.644. The zero-order valence-corrected chi connectivity index (χ0v) is 11.3. The highest BCUT2D eigenvalue weighted by molar-refractivity contribution is 6.60. The molecule has 0 atom stereocenters. The van der Waals surface area contributed by atoms with Crippen molar-refractivity contribution in [1.29, 1.82) is 0 Å². The van der Waals surface area contributed by atoms with Gasteiger partial charge in [0.15, 0.2) is 0 Å². The fourth-order valence-electron chi connectivity index (χ4n) is 1.12. The van der Waals surface area contributed by atoms with Crippen molar-refractivity contribution in [3.8, 4) is 0 Å². The molecule has 4 nitrogen and oxygen atoms in total. The third kappa shape index (κ3) is 6.27. The molecule has 1 aliphatic carbocycles. The van der Waals surface area contributed by atoms with Crippen molar-refractivity contribution in [3.63, 3.8) is 0 Å². The lowest BCUT2D eigenvalue weighted by Gasteiger charge is -2.23. The monoisotopic (exact) mass is 235 g/mol. The molecule has 0 aromatic rings. The summed E-state index contributed by atoms with van der Waals surface area (Å²) in [7, 11) is 2.50. The summed E-state index contributed by atoms with van der Waals surface area (Å²) >= 11 is 0. The van der Waals surface area contributed by atoms with Gasteiger partial charge in [0.25, 0.3) is 0 Å². The Hall–Kier alpha value is 0.0569. The summed E-state index contributed by atoms with van der Waals surface area (Å²) in [6.45, 7) is 0.644. The van der Waals surface area contributed by atoms with E-state index in [-0.39, 0.29) is 0 Å². The average Bonchev–Trinajstić information content (AvgIpc) is 2.19. The van der Waals surface area contributed by atoms with Gasteiger partial charge in [-0.05, 0) is 13.0 Å².